The standard InChI is InChI=1S/C20H22ClF2N3O3/c21-16-12-14(22)5-3-13(16)4-6-17(28)19(23)7-8-20(29,26-25-10-11-27)18-15(19)2-1-9-24-18/h1-3,5,9,12,25-27,29H,4,6-8,10-11H2/t19-,20-/m0/s1. The molecule has 156 valence electrons. The Balaban J connectivity index is 1.81. The molecule has 0 saturated carbocycles. The first-order chi connectivity index (χ1) is 13.8. The third-order valence-electron chi connectivity index (χ3n) is 5.07. The molecule has 0 radical (unpaired) electrons. The second kappa shape index (κ2) is 8.81. The zero-order valence-electron chi connectivity index (χ0n) is 15.6. The number of hydrogen-bond donors (Lipinski definition) is 4. The van der Waals surface area contributed by atoms with E-state index in [1.54, 1.807) is 0 Å². The Labute approximate surface area is 171 Å². The van der Waals surface area contributed by atoms with Gasteiger partial charge in [0.2, 0.25) is 0 Å². The van der Waals surface area contributed by atoms with Gasteiger partial charge in [-0.3, -0.25) is 15.2 Å². The van der Waals surface area contributed by atoms with E-state index in [0.29, 0.717) is 5.56 Å². The maximum Gasteiger partial charge on any atom is 0.195 e. The molecule has 0 aliphatic heterocycles. The molecule has 6 nitrogen and oxygen atoms in total. The van der Waals surface area contributed by atoms with E-state index < -0.39 is 23.0 Å². The van der Waals surface area contributed by atoms with Crippen molar-refractivity contribution in [2.45, 2.75) is 37.1 Å². The summed E-state index contributed by atoms with van der Waals surface area (Å²) >= 11 is 5.99. The number of aromatic nitrogens is 1. The van der Waals surface area contributed by atoms with Gasteiger partial charge in [0.1, 0.15) is 5.82 Å². The normalized spacial score (nSPS) is 23.6. The summed E-state index contributed by atoms with van der Waals surface area (Å²) in [6.07, 6.45) is 1.09. The molecule has 4 N–H and O–H groups in total. The summed E-state index contributed by atoms with van der Waals surface area (Å²) in [5.41, 5.74) is 1.91. The number of nitrogens with zero attached hydrogens (tertiary/aromatic N) is 1. The van der Waals surface area contributed by atoms with Crippen molar-refractivity contribution in [3.63, 3.8) is 0 Å². The Hall–Kier alpha value is -1.97. The number of carbonyl (C=O) groups excluding carboxylic acids is 1. The number of hydrazine groups is 1. The highest BCUT2D eigenvalue weighted by Gasteiger charge is 2.51. The van der Waals surface area contributed by atoms with Crippen molar-refractivity contribution < 1.29 is 23.8 Å². The monoisotopic (exact) mass is 425 g/mol. The number of carbonyl (C=O) groups is 1. The van der Waals surface area contributed by atoms with Crippen LogP contribution in [0.2, 0.25) is 5.02 Å². The molecule has 0 saturated heterocycles. The topological polar surface area (TPSA) is 94.5 Å². The first kappa shape index (κ1) is 21.7. The maximum atomic E-state index is 15.9. The predicted octanol–water partition coefficient (Wildman–Crippen LogP) is 2.27. The number of fused-ring (bicyclic) bond motifs is 1. The van der Waals surface area contributed by atoms with Crippen molar-refractivity contribution in [2.75, 3.05) is 13.2 Å². The highest BCUT2D eigenvalue weighted by atomic mass is 35.5. The molecule has 1 aliphatic carbocycles. The lowest BCUT2D eigenvalue weighted by molar-refractivity contribution is -0.136. The zero-order valence-corrected chi connectivity index (χ0v) is 16.3. The minimum atomic E-state index is -2.30. The molecule has 9 heteroatoms. The van der Waals surface area contributed by atoms with E-state index in [0.717, 1.165) is 6.07 Å². The Kier molecular flexibility index (Phi) is 6.60. The van der Waals surface area contributed by atoms with E-state index in [1.165, 1.54) is 30.5 Å². The fraction of sp³-hybridized carbons (Fsp3) is 0.400. The van der Waals surface area contributed by atoms with Gasteiger partial charge in [-0.15, -0.1) is 0 Å². The van der Waals surface area contributed by atoms with Gasteiger partial charge in [-0.25, -0.2) is 14.2 Å². The van der Waals surface area contributed by atoms with Gasteiger partial charge in [0.15, 0.2) is 17.2 Å². The minimum absolute atomic E-state index is 0.00208. The van der Waals surface area contributed by atoms with Crippen LogP contribution in [0, 0.1) is 5.82 Å². The number of rotatable bonds is 8. The number of aliphatic hydroxyl groups excluding tert-OH is 1. The van der Waals surface area contributed by atoms with Gasteiger partial charge in [-0.05, 0) is 36.6 Å². The highest BCUT2D eigenvalue weighted by molar-refractivity contribution is 6.31. The van der Waals surface area contributed by atoms with Crippen LogP contribution in [0.15, 0.2) is 36.5 Å². The molecule has 3 rings (SSSR count). The zero-order chi connectivity index (χ0) is 21.1. The maximum absolute atomic E-state index is 15.9. The summed E-state index contributed by atoms with van der Waals surface area (Å²) in [5, 5.41) is 20.0. The summed E-state index contributed by atoms with van der Waals surface area (Å²) < 4.78 is 29.1. The van der Waals surface area contributed by atoms with Crippen LogP contribution in [-0.4, -0.2) is 34.1 Å². The molecular formula is C20H22ClF2N3O3. The highest BCUT2D eigenvalue weighted by Crippen LogP contribution is 2.45. The van der Waals surface area contributed by atoms with Crippen LogP contribution in [0.3, 0.4) is 0 Å². The van der Waals surface area contributed by atoms with Gasteiger partial charge < -0.3 is 10.2 Å². The molecular weight excluding hydrogens is 404 g/mol. The van der Waals surface area contributed by atoms with Crippen molar-refractivity contribution in [3.05, 3.63) is 64.2 Å². The molecule has 1 heterocycles. The number of benzene rings is 1. The third-order valence-corrected chi connectivity index (χ3v) is 5.42. The smallest absolute Gasteiger partial charge is 0.195 e. The molecule has 1 aromatic heterocycles. The average molecular weight is 426 g/mol. The molecule has 0 amide bonds. The van der Waals surface area contributed by atoms with Crippen LogP contribution in [0.25, 0.3) is 0 Å². The minimum Gasteiger partial charge on any atom is -0.395 e. The number of halogens is 3. The molecule has 0 bridgehead atoms. The number of aliphatic hydroxyl groups is 2. The summed E-state index contributed by atoms with van der Waals surface area (Å²) in [6.45, 7) is 0.0121. The second-order valence-electron chi connectivity index (χ2n) is 7.00. The summed E-state index contributed by atoms with van der Waals surface area (Å²) in [4.78, 5) is 16.9. The molecule has 0 spiro atoms. The molecule has 29 heavy (non-hydrogen) atoms. The van der Waals surface area contributed by atoms with Crippen LogP contribution in [0.5, 0.6) is 0 Å². The second-order valence-corrected chi connectivity index (χ2v) is 7.40. The van der Waals surface area contributed by atoms with Crippen LogP contribution >= 0.6 is 11.6 Å². The lowest BCUT2D eigenvalue weighted by atomic mass is 9.75. The Morgan fingerprint density at radius 2 is 2.10 bits per heavy atom. The van der Waals surface area contributed by atoms with Crippen molar-refractivity contribution >= 4 is 17.4 Å². The quantitative estimate of drug-likeness (QED) is 0.294. The fourth-order valence-electron chi connectivity index (χ4n) is 3.51. The largest absolute Gasteiger partial charge is 0.395 e. The van der Waals surface area contributed by atoms with E-state index in [1.807, 2.05) is 0 Å². The van der Waals surface area contributed by atoms with Gasteiger partial charge in [0, 0.05) is 36.2 Å². The van der Waals surface area contributed by atoms with E-state index in [4.69, 9.17) is 16.7 Å². The molecule has 0 fully saturated rings. The van der Waals surface area contributed by atoms with Gasteiger partial charge in [0.25, 0.3) is 0 Å². The predicted molar refractivity (Wildman–Crippen MR) is 103 cm³/mol. The molecule has 0 unspecified atom stereocenters. The number of ketones is 1. The van der Waals surface area contributed by atoms with Crippen LogP contribution in [0.4, 0.5) is 8.78 Å². The van der Waals surface area contributed by atoms with E-state index >= 15 is 4.39 Å². The van der Waals surface area contributed by atoms with Gasteiger partial charge in [-0.1, -0.05) is 23.7 Å². The van der Waals surface area contributed by atoms with Crippen LogP contribution in [0.1, 0.15) is 36.1 Å². The number of Topliss-reactive ketones (excluding diaryl/α,β-unsaturated/α-hetero) is 1. The van der Waals surface area contributed by atoms with Crippen LogP contribution in [-0.2, 0) is 22.6 Å². The molecule has 2 aromatic rings. The Bertz CT molecular complexity index is 901. The van der Waals surface area contributed by atoms with Crippen molar-refractivity contribution in [1.82, 2.24) is 15.8 Å². The summed E-state index contributed by atoms with van der Waals surface area (Å²) in [7, 11) is 0. The van der Waals surface area contributed by atoms with E-state index in [9.17, 15) is 14.3 Å². The van der Waals surface area contributed by atoms with E-state index in [-0.39, 0.29) is 55.1 Å². The molecule has 2 atom stereocenters. The summed E-state index contributed by atoms with van der Waals surface area (Å²) in [6, 6.07) is 6.80. The van der Waals surface area contributed by atoms with Gasteiger partial charge in [-0.2, -0.15) is 0 Å². The lowest BCUT2D eigenvalue weighted by Crippen LogP contribution is -2.55. The number of hydrogen-bond acceptors (Lipinski definition) is 6. The first-order valence-electron chi connectivity index (χ1n) is 9.25. The van der Waals surface area contributed by atoms with Crippen molar-refractivity contribution in [3.8, 4) is 0 Å². The van der Waals surface area contributed by atoms with Crippen molar-refractivity contribution in [2.24, 2.45) is 0 Å². The van der Waals surface area contributed by atoms with Crippen molar-refractivity contribution in [1.29, 1.82) is 0 Å². The fourth-order valence-corrected chi connectivity index (χ4v) is 3.77. The third kappa shape index (κ3) is 4.46. The van der Waals surface area contributed by atoms with Gasteiger partial charge >= 0.3 is 0 Å². The SMILES string of the molecule is O=C(CCc1ccc(F)cc1Cl)[C@]1(F)CC[C@@](O)(NNCCO)c2ncccc21. The molecule has 1 aliphatic rings. The Morgan fingerprint density at radius 1 is 1.31 bits per heavy atom. The first-order valence-corrected chi connectivity index (χ1v) is 9.63. The number of pyridine rings is 1. The van der Waals surface area contributed by atoms with E-state index in [2.05, 4.69) is 15.8 Å². The lowest BCUT2D eigenvalue weighted by Gasteiger charge is -2.40. The van der Waals surface area contributed by atoms with Gasteiger partial charge in [0.05, 0.1) is 12.3 Å². The Morgan fingerprint density at radius 3 is 2.83 bits per heavy atom. The number of aryl methyl sites for hydroxylation is 1. The average Bonchev–Trinajstić information content (AvgIpc) is 2.71. The summed E-state index contributed by atoms with van der Waals surface area (Å²) in [5.74, 6) is -1.14. The van der Waals surface area contributed by atoms with Crippen LogP contribution < -0.4 is 10.9 Å². The number of alkyl halides is 1. The molecule has 1 aromatic carbocycles. The number of nitrogens with one attached hydrogen (secondary N) is 2.